The lowest BCUT2D eigenvalue weighted by Crippen LogP contribution is -1.47. The van der Waals surface area contributed by atoms with Crippen molar-refractivity contribution in [3.63, 3.8) is 0 Å². The predicted octanol–water partition coefficient (Wildman–Crippen LogP) is 4.01. The van der Waals surface area contributed by atoms with Crippen LogP contribution in [0.4, 0.5) is 0 Å². The molecule has 11 heavy (non-hydrogen) atoms. The van der Waals surface area contributed by atoms with Crippen molar-refractivity contribution in [2.24, 2.45) is 0 Å². The average Bonchev–Trinajstić information content (AvgIpc) is 2.57. The van der Waals surface area contributed by atoms with Crippen LogP contribution in [0.5, 0.6) is 0 Å². The van der Waals surface area contributed by atoms with Crippen molar-refractivity contribution in [1.29, 1.82) is 0 Å². The highest BCUT2D eigenvalue weighted by Gasteiger charge is 1.95. The van der Waals surface area contributed by atoms with E-state index in [9.17, 15) is 0 Å². The molecule has 1 heteroatoms. The number of aryl methyl sites for hydroxylation is 1. The summed E-state index contributed by atoms with van der Waals surface area (Å²) in [4.78, 5) is 1.38. The molecule has 0 amide bonds. The molecule has 1 aliphatic rings. The number of thiophene rings is 1. The lowest BCUT2D eigenvalue weighted by atomic mass is 10.4. The minimum atomic E-state index is 1.38. The molecule has 0 atom stereocenters. The topological polar surface area (TPSA) is 0 Å². The first kappa shape index (κ1) is 8.79. The van der Waals surface area contributed by atoms with E-state index in [1.807, 2.05) is 0 Å². The van der Waals surface area contributed by atoms with E-state index in [0.717, 1.165) is 0 Å². The molecule has 0 unspecified atom stereocenters. The molecule has 1 aromatic rings. The van der Waals surface area contributed by atoms with Gasteiger partial charge in [0.2, 0.25) is 0 Å². The van der Waals surface area contributed by atoms with Gasteiger partial charge in [0.25, 0.3) is 0 Å². The van der Waals surface area contributed by atoms with Gasteiger partial charge in [-0.05, 0) is 18.4 Å². The molecule has 0 bridgehead atoms. The van der Waals surface area contributed by atoms with Gasteiger partial charge >= 0.3 is 0 Å². The minimum Gasteiger partial charge on any atom is -0.149 e. The van der Waals surface area contributed by atoms with Gasteiger partial charge in [-0.3, -0.25) is 0 Å². The summed E-state index contributed by atoms with van der Waals surface area (Å²) in [5, 5.41) is 2.08. The summed E-state index contributed by atoms with van der Waals surface area (Å²) < 4.78 is 0. The van der Waals surface area contributed by atoms with E-state index in [2.05, 4.69) is 24.4 Å². The van der Waals surface area contributed by atoms with Crippen LogP contribution in [0.15, 0.2) is 17.5 Å². The summed E-state index contributed by atoms with van der Waals surface area (Å²) in [5.74, 6) is 0. The van der Waals surface area contributed by atoms with Crippen LogP contribution in [0.3, 0.4) is 0 Å². The van der Waals surface area contributed by atoms with Crippen LogP contribution in [0.2, 0.25) is 0 Å². The molecule has 0 radical (unpaired) electrons. The Morgan fingerprint density at radius 1 is 1.09 bits per heavy atom. The van der Waals surface area contributed by atoms with Gasteiger partial charge in [0.05, 0.1) is 0 Å². The van der Waals surface area contributed by atoms with Gasteiger partial charge in [0.1, 0.15) is 0 Å². The zero-order chi connectivity index (χ0) is 7.94. The number of hydrogen-bond donors (Lipinski definition) is 0. The van der Waals surface area contributed by atoms with Gasteiger partial charge in [-0.2, -0.15) is 0 Å². The summed E-state index contributed by atoms with van der Waals surface area (Å²) >= 11 is 1.78. The first-order valence-corrected chi connectivity index (χ1v) is 5.27. The molecular weight excluding hydrogens is 152 g/mol. The first-order chi connectivity index (χ1) is 5.39. The van der Waals surface area contributed by atoms with Crippen molar-refractivity contribution in [2.45, 2.75) is 39.0 Å². The largest absolute Gasteiger partial charge is 0.149 e. The maximum atomic E-state index is 2.10. The molecule has 2 rings (SSSR count). The SMILES string of the molecule is C1CCCC1.Cc1cccs1. The molecule has 1 aromatic heterocycles. The van der Waals surface area contributed by atoms with Crippen molar-refractivity contribution in [3.05, 3.63) is 22.4 Å². The Hall–Kier alpha value is -0.300. The molecule has 0 nitrogen and oxygen atoms in total. The fourth-order valence-electron chi connectivity index (χ4n) is 1.24. The highest BCUT2D eigenvalue weighted by molar-refractivity contribution is 7.09. The quantitative estimate of drug-likeness (QED) is 0.549. The second-order valence-electron chi connectivity index (χ2n) is 2.99. The van der Waals surface area contributed by atoms with Gasteiger partial charge < -0.3 is 0 Å². The zero-order valence-electron chi connectivity index (χ0n) is 7.18. The number of hydrogen-bond acceptors (Lipinski definition) is 1. The van der Waals surface area contributed by atoms with Crippen molar-refractivity contribution < 1.29 is 0 Å². The molecule has 0 aromatic carbocycles. The van der Waals surface area contributed by atoms with E-state index in [1.165, 1.54) is 37.0 Å². The van der Waals surface area contributed by atoms with Gasteiger partial charge in [0, 0.05) is 4.88 Å². The van der Waals surface area contributed by atoms with Crippen molar-refractivity contribution in [1.82, 2.24) is 0 Å². The Balaban J connectivity index is 0.000000112. The lowest BCUT2D eigenvalue weighted by Gasteiger charge is -1.67. The smallest absolute Gasteiger partial charge is 0.00141 e. The van der Waals surface area contributed by atoms with Crippen LogP contribution >= 0.6 is 11.3 Å². The Labute approximate surface area is 73.3 Å². The molecule has 1 saturated carbocycles. The Morgan fingerprint density at radius 3 is 1.82 bits per heavy atom. The average molecular weight is 168 g/mol. The van der Waals surface area contributed by atoms with Crippen LogP contribution in [0.1, 0.15) is 37.0 Å². The highest BCUT2D eigenvalue weighted by atomic mass is 32.1. The highest BCUT2D eigenvalue weighted by Crippen LogP contribution is 2.15. The summed E-state index contributed by atoms with van der Waals surface area (Å²) in [5.41, 5.74) is 0. The standard InChI is InChI=1S/C5H6S.C5H10/c1-5-3-2-4-6-5;1-2-4-5-3-1/h2-4H,1H3;1-5H2. The molecule has 0 spiro atoms. The monoisotopic (exact) mass is 168 g/mol. The maximum Gasteiger partial charge on any atom is 0.00141 e. The maximum absolute atomic E-state index is 2.10. The zero-order valence-corrected chi connectivity index (χ0v) is 7.99. The predicted molar refractivity (Wildman–Crippen MR) is 52.1 cm³/mol. The Bertz CT molecular complexity index is 153. The molecule has 0 saturated heterocycles. The van der Waals surface area contributed by atoms with Crippen molar-refractivity contribution >= 4 is 11.3 Å². The summed E-state index contributed by atoms with van der Waals surface area (Å²) in [7, 11) is 0. The van der Waals surface area contributed by atoms with E-state index < -0.39 is 0 Å². The molecule has 1 heterocycles. The molecule has 0 aliphatic heterocycles. The van der Waals surface area contributed by atoms with E-state index in [1.54, 1.807) is 11.3 Å². The molecule has 1 aliphatic carbocycles. The van der Waals surface area contributed by atoms with Crippen LogP contribution in [0, 0.1) is 6.92 Å². The van der Waals surface area contributed by atoms with Crippen LogP contribution < -0.4 is 0 Å². The minimum absolute atomic E-state index is 1.38. The Morgan fingerprint density at radius 2 is 1.64 bits per heavy atom. The summed E-state index contributed by atoms with van der Waals surface area (Å²) in [6.45, 7) is 2.10. The fourth-order valence-corrected chi connectivity index (χ4v) is 1.77. The van der Waals surface area contributed by atoms with Crippen LogP contribution in [-0.2, 0) is 0 Å². The fraction of sp³-hybridized carbons (Fsp3) is 0.600. The van der Waals surface area contributed by atoms with E-state index in [-0.39, 0.29) is 0 Å². The van der Waals surface area contributed by atoms with Gasteiger partial charge in [0.15, 0.2) is 0 Å². The lowest BCUT2D eigenvalue weighted by molar-refractivity contribution is 0.886. The summed E-state index contributed by atoms with van der Waals surface area (Å²) in [6.07, 6.45) is 7.50. The molecular formula is C10H16S. The van der Waals surface area contributed by atoms with Crippen molar-refractivity contribution in [3.8, 4) is 0 Å². The molecule has 62 valence electrons. The third-order valence-electron chi connectivity index (χ3n) is 1.91. The third-order valence-corrected chi connectivity index (χ3v) is 2.71. The molecule has 0 N–H and O–H groups in total. The van der Waals surface area contributed by atoms with Gasteiger partial charge in [-0.25, -0.2) is 0 Å². The normalized spacial score (nSPS) is 15.7. The van der Waals surface area contributed by atoms with Crippen molar-refractivity contribution in [2.75, 3.05) is 0 Å². The second-order valence-corrected chi connectivity index (χ2v) is 4.14. The van der Waals surface area contributed by atoms with E-state index in [4.69, 9.17) is 0 Å². The first-order valence-electron chi connectivity index (χ1n) is 4.40. The van der Waals surface area contributed by atoms with Gasteiger partial charge in [-0.1, -0.05) is 38.2 Å². The van der Waals surface area contributed by atoms with Crippen LogP contribution in [-0.4, -0.2) is 0 Å². The Kier molecular flexibility index (Phi) is 4.29. The molecule has 1 fully saturated rings. The summed E-state index contributed by atoms with van der Waals surface area (Å²) in [6, 6.07) is 4.16. The van der Waals surface area contributed by atoms with E-state index in [0.29, 0.717) is 0 Å². The third kappa shape index (κ3) is 4.20. The number of rotatable bonds is 0. The second kappa shape index (κ2) is 5.36. The van der Waals surface area contributed by atoms with E-state index >= 15 is 0 Å². The van der Waals surface area contributed by atoms with Crippen LogP contribution in [0.25, 0.3) is 0 Å². The van der Waals surface area contributed by atoms with Gasteiger partial charge in [-0.15, -0.1) is 11.3 Å².